The first-order valence-corrected chi connectivity index (χ1v) is 7.09. The Hall–Kier alpha value is -2.18. The van der Waals surface area contributed by atoms with Crippen LogP contribution in [-0.4, -0.2) is 28.0 Å². The number of aromatic nitrogens is 2. The van der Waals surface area contributed by atoms with Crippen LogP contribution in [0, 0.1) is 0 Å². The van der Waals surface area contributed by atoms with Crippen LogP contribution >= 0.6 is 11.6 Å². The van der Waals surface area contributed by atoms with E-state index < -0.39 is 11.5 Å². The lowest BCUT2D eigenvalue weighted by atomic mass is 10.1. The van der Waals surface area contributed by atoms with Crippen LogP contribution in [0.25, 0.3) is 0 Å². The Kier molecular flexibility index (Phi) is 5.30. The van der Waals surface area contributed by atoms with Crippen molar-refractivity contribution in [2.75, 3.05) is 11.9 Å². The minimum atomic E-state index is -0.429. The molecule has 0 atom stereocenters. The van der Waals surface area contributed by atoms with E-state index in [0.29, 0.717) is 23.1 Å². The molecule has 0 saturated heterocycles. The Morgan fingerprint density at radius 2 is 2.00 bits per heavy atom. The van der Waals surface area contributed by atoms with Gasteiger partial charge in [0, 0.05) is 11.6 Å². The van der Waals surface area contributed by atoms with Gasteiger partial charge in [-0.1, -0.05) is 29.8 Å². The van der Waals surface area contributed by atoms with Gasteiger partial charge in [-0.15, -0.1) is 0 Å². The van der Waals surface area contributed by atoms with Crippen molar-refractivity contribution < 1.29 is 9.63 Å². The third kappa shape index (κ3) is 4.98. The molecule has 1 aromatic heterocycles. The van der Waals surface area contributed by atoms with Crippen molar-refractivity contribution >= 4 is 23.4 Å². The summed E-state index contributed by atoms with van der Waals surface area (Å²) in [6.45, 7) is 4.26. The molecule has 0 aliphatic carbocycles. The molecule has 7 heteroatoms. The van der Waals surface area contributed by atoms with Gasteiger partial charge in [0.25, 0.3) is 0 Å². The fourth-order valence-corrected chi connectivity index (χ4v) is 1.86. The maximum absolute atomic E-state index is 11.8. The maximum Gasteiger partial charge on any atom is 0.356 e. The van der Waals surface area contributed by atoms with E-state index in [-0.39, 0.29) is 0 Å². The molecular formula is C15H17ClN4O2. The summed E-state index contributed by atoms with van der Waals surface area (Å²) in [5.41, 5.74) is 2.75. The third-order valence-corrected chi connectivity index (χ3v) is 3.00. The predicted octanol–water partition coefficient (Wildman–Crippen LogP) is 2.68. The van der Waals surface area contributed by atoms with Gasteiger partial charge in [-0.3, -0.25) is 0 Å². The standard InChI is InChI=1S/C15H17ClN4O2/c1-15(2,20-13-8-12(16)17-10-18-13)9-19-22-14(21)11-6-4-3-5-7-11/h3-8,10,19H,9H2,1-2H3,(H,17,18,20). The molecule has 0 amide bonds. The van der Waals surface area contributed by atoms with E-state index in [9.17, 15) is 4.79 Å². The molecule has 0 bridgehead atoms. The number of carbonyl (C=O) groups is 1. The van der Waals surface area contributed by atoms with Gasteiger partial charge in [0.15, 0.2) is 0 Å². The molecule has 22 heavy (non-hydrogen) atoms. The highest BCUT2D eigenvalue weighted by molar-refractivity contribution is 6.29. The quantitative estimate of drug-likeness (QED) is 0.629. The second-order valence-electron chi connectivity index (χ2n) is 5.31. The van der Waals surface area contributed by atoms with Crippen molar-refractivity contribution in [2.24, 2.45) is 0 Å². The van der Waals surface area contributed by atoms with E-state index in [1.54, 1.807) is 30.3 Å². The highest BCUT2D eigenvalue weighted by atomic mass is 35.5. The zero-order valence-electron chi connectivity index (χ0n) is 12.3. The monoisotopic (exact) mass is 320 g/mol. The van der Waals surface area contributed by atoms with Crippen molar-refractivity contribution in [3.63, 3.8) is 0 Å². The van der Waals surface area contributed by atoms with Crippen molar-refractivity contribution in [3.05, 3.63) is 53.4 Å². The highest BCUT2D eigenvalue weighted by Crippen LogP contribution is 2.14. The van der Waals surface area contributed by atoms with Crippen LogP contribution in [0.1, 0.15) is 24.2 Å². The minimum absolute atomic E-state index is 0.358. The smallest absolute Gasteiger partial charge is 0.356 e. The van der Waals surface area contributed by atoms with Crippen molar-refractivity contribution in [3.8, 4) is 0 Å². The number of benzene rings is 1. The maximum atomic E-state index is 11.8. The number of hydrogen-bond donors (Lipinski definition) is 2. The van der Waals surface area contributed by atoms with Gasteiger partial charge < -0.3 is 10.2 Å². The summed E-state index contributed by atoms with van der Waals surface area (Å²) in [6.07, 6.45) is 1.38. The summed E-state index contributed by atoms with van der Waals surface area (Å²) in [5.74, 6) is 0.169. The fourth-order valence-electron chi connectivity index (χ4n) is 1.71. The fraction of sp³-hybridized carbons (Fsp3) is 0.267. The first kappa shape index (κ1) is 16.2. The number of anilines is 1. The lowest BCUT2D eigenvalue weighted by Gasteiger charge is -2.26. The number of hydrogen-bond acceptors (Lipinski definition) is 6. The summed E-state index contributed by atoms with van der Waals surface area (Å²) >= 11 is 5.81. The van der Waals surface area contributed by atoms with Gasteiger partial charge in [-0.25, -0.2) is 14.8 Å². The van der Waals surface area contributed by atoms with E-state index >= 15 is 0 Å². The minimum Gasteiger partial charge on any atom is -0.367 e. The zero-order chi connectivity index (χ0) is 16.0. The van der Waals surface area contributed by atoms with E-state index in [2.05, 4.69) is 20.8 Å². The van der Waals surface area contributed by atoms with Gasteiger partial charge in [0.05, 0.1) is 12.1 Å². The Balaban J connectivity index is 1.83. The molecule has 0 saturated carbocycles. The normalized spacial score (nSPS) is 11.0. The Morgan fingerprint density at radius 3 is 2.68 bits per heavy atom. The molecule has 0 fully saturated rings. The lowest BCUT2D eigenvalue weighted by molar-refractivity contribution is 0.0227. The molecule has 1 heterocycles. The first-order valence-electron chi connectivity index (χ1n) is 6.71. The van der Waals surface area contributed by atoms with Crippen LogP contribution in [0.5, 0.6) is 0 Å². The van der Waals surface area contributed by atoms with Crippen LogP contribution in [0.2, 0.25) is 5.15 Å². The number of nitrogens with zero attached hydrogens (tertiary/aromatic N) is 2. The Labute approximate surface area is 133 Å². The molecule has 1 aromatic carbocycles. The second kappa shape index (κ2) is 7.20. The summed E-state index contributed by atoms with van der Waals surface area (Å²) in [7, 11) is 0. The van der Waals surface area contributed by atoms with Crippen molar-refractivity contribution in [1.29, 1.82) is 0 Å². The van der Waals surface area contributed by atoms with E-state index in [1.165, 1.54) is 6.33 Å². The number of nitrogens with one attached hydrogen (secondary N) is 2. The summed E-state index contributed by atoms with van der Waals surface area (Å²) in [6, 6.07) is 10.4. The van der Waals surface area contributed by atoms with Gasteiger partial charge in [0.2, 0.25) is 0 Å². The lowest BCUT2D eigenvalue weighted by Crippen LogP contribution is -2.42. The highest BCUT2D eigenvalue weighted by Gasteiger charge is 2.19. The molecule has 2 rings (SSSR count). The van der Waals surface area contributed by atoms with Crippen LogP contribution in [0.3, 0.4) is 0 Å². The molecule has 2 aromatic rings. The number of carbonyl (C=O) groups excluding carboxylic acids is 1. The molecule has 2 N–H and O–H groups in total. The number of hydroxylamine groups is 1. The van der Waals surface area contributed by atoms with Crippen molar-refractivity contribution in [2.45, 2.75) is 19.4 Å². The predicted molar refractivity (Wildman–Crippen MR) is 84.6 cm³/mol. The van der Waals surface area contributed by atoms with E-state index in [4.69, 9.17) is 16.4 Å². The molecule has 0 aliphatic heterocycles. The van der Waals surface area contributed by atoms with E-state index in [0.717, 1.165) is 0 Å². The first-order chi connectivity index (χ1) is 10.5. The Bertz CT molecular complexity index is 634. The average Bonchev–Trinajstić information content (AvgIpc) is 2.47. The van der Waals surface area contributed by atoms with Crippen LogP contribution in [0.15, 0.2) is 42.7 Å². The van der Waals surface area contributed by atoms with Gasteiger partial charge in [-0.05, 0) is 26.0 Å². The number of rotatable bonds is 6. The van der Waals surface area contributed by atoms with E-state index in [1.807, 2.05) is 19.9 Å². The van der Waals surface area contributed by atoms with Crippen molar-refractivity contribution in [1.82, 2.24) is 15.4 Å². The molecule has 116 valence electrons. The third-order valence-electron chi connectivity index (χ3n) is 2.79. The number of halogens is 1. The largest absolute Gasteiger partial charge is 0.367 e. The second-order valence-corrected chi connectivity index (χ2v) is 5.70. The molecule has 0 spiro atoms. The van der Waals surface area contributed by atoms with Gasteiger partial charge in [-0.2, -0.15) is 5.48 Å². The average molecular weight is 321 g/mol. The zero-order valence-corrected chi connectivity index (χ0v) is 13.1. The molecule has 6 nitrogen and oxygen atoms in total. The van der Waals surface area contributed by atoms with Gasteiger partial charge in [0.1, 0.15) is 17.3 Å². The molecular weight excluding hydrogens is 304 g/mol. The summed E-state index contributed by atoms with van der Waals surface area (Å²) in [4.78, 5) is 24.7. The SMILES string of the molecule is CC(C)(CNOC(=O)c1ccccc1)Nc1cc(Cl)ncn1. The Morgan fingerprint density at radius 1 is 1.27 bits per heavy atom. The molecule has 0 aliphatic rings. The summed E-state index contributed by atoms with van der Waals surface area (Å²) < 4.78 is 0. The molecule has 0 radical (unpaired) electrons. The topological polar surface area (TPSA) is 76.1 Å². The van der Waals surface area contributed by atoms with Crippen LogP contribution in [0.4, 0.5) is 5.82 Å². The molecule has 0 unspecified atom stereocenters. The van der Waals surface area contributed by atoms with Crippen LogP contribution < -0.4 is 10.8 Å². The van der Waals surface area contributed by atoms with Crippen LogP contribution in [-0.2, 0) is 4.84 Å². The summed E-state index contributed by atoms with van der Waals surface area (Å²) in [5, 5.41) is 3.54. The van der Waals surface area contributed by atoms with Gasteiger partial charge >= 0.3 is 5.97 Å².